The number of halogens is 5. The molecule has 0 saturated carbocycles. The molecular formula is C39H35F5N10O4. The molecule has 19 heteroatoms. The van der Waals surface area contributed by atoms with Crippen LogP contribution in [0.1, 0.15) is 70.4 Å². The molecule has 8 rings (SSSR count). The van der Waals surface area contributed by atoms with Crippen LogP contribution in [-0.2, 0) is 22.2 Å². The Labute approximate surface area is 327 Å². The Morgan fingerprint density at radius 2 is 1.66 bits per heavy atom. The third-order valence-electron chi connectivity index (χ3n) is 10.5. The molecule has 2 N–H and O–H groups in total. The summed E-state index contributed by atoms with van der Waals surface area (Å²) in [6.07, 6.45) is 1.77. The molecule has 0 radical (unpaired) electrons. The van der Waals surface area contributed by atoms with Gasteiger partial charge in [0, 0.05) is 56.9 Å². The van der Waals surface area contributed by atoms with Crippen molar-refractivity contribution in [1.29, 1.82) is 0 Å². The number of aryl methyl sites for hydroxylation is 1. The van der Waals surface area contributed by atoms with Crippen molar-refractivity contribution in [1.82, 2.24) is 44.5 Å². The van der Waals surface area contributed by atoms with E-state index in [1.807, 2.05) is 23.3 Å². The highest BCUT2D eigenvalue weighted by molar-refractivity contribution is 6.23. The van der Waals surface area contributed by atoms with E-state index >= 15 is 22.0 Å². The molecular weight excluding hydrogens is 767 g/mol. The van der Waals surface area contributed by atoms with E-state index in [2.05, 4.69) is 30.6 Å². The zero-order valence-corrected chi connectivity index (χ0v) is 31.3. The number of pyridine rings is 1. The van der Waals surface area contributed by atoms with Crippen molar-refractivity contribution < 1.29 is 41.1 Å². The molecule has 2 fully saturated rings. The van der Waals surface area contributed by atoms with Crippen LogP contribution in [0.15, 0.2) is 48.8 Å². The zero-order chi connectivity index (χ0) is 41.2. The van der Waals surface area contributed by atoms with Crippen LogP contribution in [0, 0.1) is 24.4 Å². The zero-order valence-electron chi connectivity index (χ0n) is 31.3. The number of aromatic nitrogens is 5. The number of fused-ring (bicyclic) bond motifs is 2. The number of alkyl halides is 2. The Hall–Kier alpha value is -6.21. The minimum absolute atomic E-state index is 0.0422. The molecule has 3 aromatic heterocycles. The lowest BCUT2D eigenvalue weighted by atomic mass is 10.0. The molecule has 1 atom stereocenters. The minimum atomic E-state index is -3.42. The summed E-state index contributed by atoms with van der Waals surface area (Å²) >= 11 is 0. The maximum atomic E-state index is 15.8. The number of carbonyl (C=O) groups is 4. The highest BCUT2D eigenvalue weighted by Crippen LogP contribution is 2.35. The van der Waals surface area contributed by atoms with Gasteiger partial charge < -0.3 is 9.88 Å². The first kappa shape index (κ1) is 38.7. The molecule has 3 aliphatic rings. The summed E-state index contributed by atoms with van der Waals surface area (Å²) in [5.74, 6) is -4.94. The Morgan fingerprint density at radius 1 is 0.897 bits per heavy atom. The molecule has 3 aliphatic heterocycles. The number of nitrogens with zero attached hydrogens (tertiary/aromatic N) is 8. The average molecular weight is 803 g/mol. The van der Waals surface area contributed by atoms with Crippen molar-refractivity contribution in [2.75, 3.05) is 31.5 Å². The standard InChI is InChI=1S/C39H35F5N10O4/c1-19(2)53-20(3)47-34-26(41)14-22(15-29(34)53)33-27(42)17-46-38(50-33)48-30-6-4-23(16-45-30)39(43,44)52-10-8-51(9-11-52)18-21-12-24-32(25(40)13-21)37(58)54(36(24)57)28-5-7-31(55)49-35(28)56/h4,6,12-17,19,28H,5,7-11,18H2,1-3H3,(H,49,55,56)(H,45,46,48,50). The SMILES string of the molecule is Cc1nc2c(F)cc(-c3nc(Nc4ccc(C(F)(F)N5CCN(Cc6cc(F)c7c(c6)C(=O)N(C6CCC(=O)NC6=O)C7=O)CC5)cn4)ncc3F)cc2n1C(C)C. The predicted molar refractivity (Wildman–Crippen MR) is 197 cm³/mol. The van der Waals surface area contributed by atoms with Crippen molar-refractivity contribution in [3.8, 4) is 11.3 Å². The number of hydrogen-bond acceptors (Lipinski definition) is 11. The van der Waals surface area contributed by atoms with Gasteiger partial charge in [-0.15, -0.1) is 0 Å². The Balaban J connectivity index is 0.910. The quantitative estimate of drug-likeness (QED) is 0.115. The lowest BCUT2D eigenvalue weighted by Crippen LogP contribution is -2.54. The molecule has 58 heavy (non-hydrogen) atoms. The Morgan fingerprint density at radius 3 is 2.34 bits per heavy atom. The van der Waals surface area contributed by atoms with Crippen LogP contribution in [0.3, 0.4) is 0 Å². The molecule has 5 aromatic rings. The van der Waals surface area contributed by atoms with Crippen molar-refractivity contribution in [2.24, 2.45) is 0 Å². The highest BCUT2D eigenvalue weighted by atomic mass is 19.3. The summed E-state index contributed by atoms with van der Waals surface area (Å²) in [5.41, 5.74) is -0.112. The van der Waals surface area contributed by atoms with Crippen LogP contribution in [0.2, 0.25) is 0 Å². The number of nitrogens with one attached hydrogen (secondary N) is 2. The highest BCUT2D eigenvalue weighted by Gasteiger charge is 2.46. The van der Waals surface area contributed by atoms with Gasteiger partial charge in [-0.3, -0.25) is 34.3 Å². The van der Waals surface area contributed by atoms with Gasteiger partial charge in [0.1, 0.15) is 34.7 Å². The number of anilines is 2. The lowest BCUT2D eigenvalue weighted by Gasteiger charge is -2.38. The molecule has 2 saturated heterocycles. The largest absolute Gasteiger partial charge is 0.333 e. The van der Waals surface area contributed by atoms with E-state index in [0.717, 1.165) is 29.4 Å². The van der Waals surface area contributed by atoms with Crippen LogP contribution in [0.5, 0.6) is 0 Å². The van der Waals surface area contributed by atoms with E-state index in [1.165, 1.54) is 18.2 Å². The van der Waals surface area contributed by atoms with Gasteiger partial charge in [-0.25, -0.2) is 38.0 Å². The fraction of sp³-hybridized carbons (Fsp3) is 0.333. The molecule has 14 nitrogen and oxygen atoms in total. The lowest BCUT2D eigenvalue weighted by molar-refractivity contribution is -0.168. The number of rotatable bonds is 9. The van der Waals surface area contributed by atoms with E-state index in [0.29, 0.717) is 21.8 Å². The van der Waals surface area contributed by atoms with Gasteiger partial charge in [0.05, 0.1) is 28.4 Å². The molecule has 0 bridgehead atoms. The maximum absolute atomic E-state index is 15.8. The van der Waals surface area contributed by atoms with Crippen LogP contribution < -0.4 is 10.6 Å². The topological polar surface area (TPSA) is 159 Å². The number of amides is 4. The molecule has 0 aliphatic carbocycles. The number of piperidine rings is 1. The number of piperazine rings is 1. The van der Waals surface area contributed by atoms with Gasteiger partial charge in [0.15, 0.2) is 11.6 Å². The van der Waals surface area contributed by atoms with Crippen LogP contribution in [-0.4, -0.2) is 95.1 Å². The van der Waals surface area contributed by atoms with Gasteiger partial charge in [0.2, 0.25) is 17.8 Å². The molecule has 2 aromatic carbocycles. The van der Waals surface area contributed by atoms with E-state index in [1.54, 1.807) is 13.0 Å². The minimum Gasteiger partial charge on any atom is -0.326 e. The average Bonchev–Trinajstić information content (AvgIpc) is 3.65. The Bertz CT molecular complexity index is 2520. The normalized spacial score (nSPS) is 18.1. The number of hydrogen-bond donors (Lipinski definition) is 2. The summed E-state index contributed by atoms with van der Waals surface area (Å²) in [4.78, 5) is 70.2. The van der Waals surface area contributed by atoms with E-state index in [4.69, 9.17) is 0 Å². The fourth-order valence-electron chi connectivity index (χ4n) is 7.77. The first-order chi connectivity index (χ1) is 27.6. The fourth-order valence-corrected chi connectivity index (χ4v) is 7.77. The molecule has 300 valence electrons. The van der Waals surface area contributed by atoms with Crippen molar-refractivity contribution in [3.05, 3.63) is 94.3 Å². The summed E-state index contributed by atoms with van der Waals surface area (Å²) < 4.78 is 78.7. The third kappa shape index (κ3) is 6.82. The first-order valence-electron chi connectivity index (χ1n) is 18.4. The van der Waals surface area contributed by atoms with Gasteiger partial charge in [-0.1, -0.05) is 0 Å². The van der Waals surface area contributed by atoms with E-state index in [-0.39, 0.29) is 85.7 Å². The van der Waals surface area contributed by atoms with Gasteiger partial charge >= 0.3 is 6.05 Å². The van der Waals surface area contributed by atoms with E-state index in [9.17, 15) is 19.2 Å². The van der Waals surface area contributed by atoms with Crippen molar-refractivity contribution in [3.63, 3.8) is 0 Å². The molecule has 0 spiro atoms. The molecule has 6 heterocycles. The van der Waals surface area contributed by atoms with Crippen LogP contribution >= 0.6 is 0 Å². The van der Waals surface area contributed by atoms with Gasteiger partial charge in [0.25, 0.3) is 11.8 Å². The summed E-state index contributed by atoms with van der Waals surface area (Å²) in [7, 11) is 0. The smallest absolute Gasteiger partial charge is 0.326 e. The van der Waals surface area contributed by atoms with Gasteiger partial charge in [-0.2, -0.15) is 8.78 Å². The summed E-state index contributed by atoms with van der Waals surface area (Å²) in [5, 5.41) is 4.88. The molecule has 4 amide bonds. The number of carbonyl (C=O) groups excluding carboxylic acids is 4. The second kappa shape index (κ2) is 14.6. The maximum Gasteiger partial charge on any atom is 0.333 e. The summed E-state index contributed by atoms with van der Waals surface area (Å²) in [6.45, 7) is 5.88. The second-order valence-corrected chi connectivity index (χ2v) is 14.6. The van der Waals surface area contributed by atoms with Gasteiger partial charge in [-0.05, 0) is 69.2 Å². The third-order valence-corrected chi connectivity index (χ3v) is 10.5. The predicted octanol–water partition coefficient (Wildman–Crippen LogP) is 5.21. The van der Waals surface area contributed by atoms with E-state index < -0.39 is 64.3 Å². The van der Waals surface area contributed by atoms with Crippen molar-refractivity contribution >= 4 is 46.4 Å². The van der Waals surface area contributed by atoms with Crippen LogP contribution in [0.25, 0.3) is 22.3 Å². The number of imide groups is 2. The number of imidazole rings is 1. The van der Waals surface area contributed by atoms with Crippen LogP contribution in [0.4, 0.5) is 33.7 Å². The number of benzene rings is 2. The molecule has 1 unspecified atom stereocenters. The summed E-state index contributed by atoms with van der Waals surface area (Å²) in [6, 6.07) is 3.00. The van der Waals surface area contributed by atoms with Crippen molar-refractivity contribution in [2.45, 2.75) is 58.3 Å². The first-order valence-corrected chi connectivity index (χ1v) is 18.4. The Kier molecular flexibility index (Phi) is 9.75. The second-order valence-electron chi connectivity index (χ2n) is 14.6. The monoisotopic (exact) mass is 802 g/mol.